The Bertz CT molecular complexity index is 768. The lowest BCUT2D eigenvalue weighted by atomic mass is 10.2. The number of halogens is 1. The van der Waals surface area contributed by atoms with Gasteiger partial charge in [0.15, 0.2) is 11.6 Å². The number of aryl methyl sites for hydroxylation is 1. The lowest BCUT2D eigenvalue weighted by molar-refractivity contribution is 0.269. The van der Waals surface area contributed by atoms with Crippen molar-refractivity contribution in [2.24, 2.45) is 0 Å². The first-order valence-corrected chi connectivity index (χ1v) is 6.20. The molecule has 5 heteroatoms. The molecule has 0 amide bonds. The zero-order valence-electron chi connectivity index (χ0n) is 10.9. The summed E-state index contributed by atoms with van der Waals surface area (Å²) in [5, 5.41) is 9.47. The van der Waals surface area contributed by atoms with Gasteiger partial charge in [-0.25, -0.2) is 4.39 Å². The molecule has 0 saturated carbocycles. The highest BCUT2D eigenvalue weighted by Crippen LogP contribution is 2.28. The van der Waals surface area contributed by atoms with Gasteiger partial charge in [-0.3, -0.25) is 4.40 Å². The summed E-state index contributed by atoms with van der Waals surface area (Å²) in [7, 11) is 0. The van der Waals surface area contributed by atoms with E-state index < -0.39 is 5.82 Å². The molecule has 2 aromatic heterocycles. The van der Waals surface area contributed by atoms with Gasteiger partial charge < -0.3 is 9.84 Å². The lowest BCUT2D eigenvalue weighted by Crippen LogP contribution is -1.96. The summed E-state index contributed by atoms with van der Waals surface area (Å²) in [6.45, 7) is 1.42. The van der Waals surface area contributed by atoms with Gasteiger partial charge in [-0.1, -0.05) is 18.2 Å². The number of pyridine rings is 1. The topological polar surface area (TPSA) is 46.8 Å². The van der Waals surface area contributed by atoms with Gasteiger partial charge in [0.2, 0.25) is 5.88 Å². The fourth-order valence-electron chi connectivity index (χ4n) is 2.05. The van der Waals surface area contributed by atoms with Crippen LogP contribution in [0.5, 0.6) is 11.6 Å². The van der Waals surface area contributed by atoms with Crippen LogP contribution in [0.15, 0.2) is 42.6 Å². The van der Waals surface area contributed by atoms with E-state index in [2.05, 4.69) is 4.98 Å². The Kier molecular flexibility index (Phi) is 3.12. The van der Waals surface area contributed by atoms with E-state index in [1.165, 1.54) is 6.07 Å². The van der Waals surface area contributed by atoms with Crippen molar-refractivity contribution < 1.29 is 14.2 Å². The molecule has 0 fully saturated rings. The number of hydrogen-bond donors (Lipinski definition) is 1. The van der Waals surface area contributed by atoms with Crippen molar-refractivity contribution in [3.63, 3.8) is 0 Å². The minimum atomic E-state index is -0.423. The van der Waals surface area contributed by atoms with Gasteiger partial charge in [0.05, 0.1) is 6.61 Å². The fourth-order valence-corrected chi connectivity index (χ4v) is 2.05. The Morgan fingerprint density at radius 1 is 1.25 bits per heavy atom. The Balaban J connectivity index is 2.08. The normalized spacial score (nSPS) is 10.9. The average molecular weight is 272 g/mol. The molecule has 0 saturated heterocycles. The number of fused-ring (bicyclic) bond motifs is 1. The van der Waals surface area contributed by atoms with Crippen LogP contribution in [0.2, 0.25) is 0 Å². The van der Waals surface area contributed by atoms with Gasteiger partial charge in [0, 0.05) is 6.20 Å². The Labute approximate surface area is 115 Å². The van der Waals surface area contributed by atoms with Crippen molar-refractivity contribution >= 4 is 5.65 Å². The van der Waals surface area contributed by atoms with E-state index in [9.17, 15) is 9.50 Å². The number of benzene rings is 1. The molecule has 0 bridgehead atoms. The highest BCUT2D eigenvalue weighted by Gasteiger charge is 2.15. The summed E-state index contributed by atoms with van der Waals surface area (Å²) < 4.78 is 21.2. The van der Waals surface area contributed by atoms with E-state index in [1.54, 1.807) is 35.7 Å². The largest absolute Gasteiger partial charge is 0.434 e. The molecule has 0 radical (unpaired) electrons. The molecule has 102 valence electrons. The van der Waals surface area contributed by atoms with E-state index in [0.717, 1.165) is 0 Å². The SMILES string of the molecule is Cc1cccc(Oc2nc3ccccn3c2CO)c1F. The molecule has 1 aromatic carbocycles. The third-order valence-corrected chi connectivity index (χ3v) is 3.10. The minimum absolute atomic E-state index is 0.100. The van der Waals surface area contributed by atoms with Crippen LogP contribution in [-0.2, 0) is 6.61 Å². The van der Waals surface area contributed by atoms with Crippen molar-refractivity contribution in [3.05, 3.63) is 59.7 Å². The second-order valence-electron chi connectivity index (χ2n) is 4.44. The number of ether oxygens (including phenoxy) is 1. The van der Waals surface area contributed by atoms with Crippen LogP contribution in [0.3, 0.4) is 0 Å². The van der Waals surface area contributed by atoms with Crippen molar-refractivity contribution in [3.8, 4) is 11.6 Å². The molecule has 2 heterocycles. The van der Waals surface area contributed by atoms with Crippen molar-refractivity contribution in [1.29, 1.82) is 0 Å². The summed E-state index contributed by atoms with van der Waals surface area (Å²) in [4.78, 5) is 4.26. The summed E-state index contributed by atoms with van der Waals surface area (Å²) in [6, 6.07) is 10.4. The van der Waals surface area contributed by atoms with Crippen LogP contribution < -0.4 is 4.74 Å². The molecule has 3 aromatic rings. The summed E-state index contributed by atoms with van der Waals surface area (Å²) in [5.74, 6) is -0.111. The van der Waals surface area contributed by atoms with Crippen molar-refractivity contribution in [1.82, 2.24) is 9.38 Å². The maximum absolute atomic E-state index is 14.0. The molecule has 0 atom stereocenters. The van der Waals surface area contributed by atoms with Crippen LogP contribution in [-0.4, -0.2) is 14.5 Å². The maximum Gasteiger partial charge on any atom is 0.244 e. The number of aliphatic hydroxyl groups excluding tert-OH is 1. The van der Waals surface area contributed by atoms with Crippen molar-refractivity contribution in [2.45, 2.75) is 13.5 Å². The zero-order chi connectivity index (χ0) is 14.1. The van der Waals surface area contributed by atoms with Crippen LogP contribution in [0.4, 0.5) is 4.39 Å². The molecular weight excluding hydrogens is 259 g/mol. The monoisotopic (exact) mass is 272 g/mol. The molecule has 20 heavy (non-hydrogen) atoms. The Morgan fingerprint density at radius 3 is 2.90 bits per heavy atom. The number of rotatable bonds is 3. The highest BCUT2D eigenvalue weighted by atomic mass is 19.1. The van der Waals surface area contributed by atoms with E-state index in [0.29, 0.717) is 16.9 Å². The van der Waals surface area contributed by atoms with Gasteiger partial charge in [0.25, 0.3) is 0 Å². The standard InChI is InChI=1S/C15H13FN2O2/c1-10-5-4-6-12(14(10)16)20-15-11(9-19)18-8-3-2-7-13(18)17-15/h2-8,19H,9H2,1H3. The molecule has 4 nitrogen and oxygen atoms in total. The van der Waals surface area contributed by atoms with Gasteiger partial charge in [0.1, 0.15) is 11.3 Å². The van der Waals surface area contributed by atoms with E-state index in [-0.39, 0.29) is 18.2 Å². The van der Waals surface area contributed by atoms with E-state index in [1.807, 2.05) is 12.1 Å². The molecule has 0 aliphatic heterocycles. The van der Waals surface area contributed by atoms with Crippen LogP contribution in [0, 0.1) is 12.7 Å². The first kappa shape index (κ1) is 12.6. The predicted octanol–water partition coefficient (Wildman–Crippen LogP) is 3.07. The third-order valence-electron chi connectivity index (χ3n) is 3.10. The molecule has 0 unspecified atom stereocenters. The van der Waals surface area contributed by atoms with Gasteiger partial charge in [-0.2, -0.15) is 4.98 Å². The number of aromatic nitrogens is 2. The predicted molar refractivity (Wildman–Crippen MR) is 72.3 cm³/mol. The molecular formula is C15H13FN2O2. The van der Waals surface area contributed by atoms with Gasteiger partial charge in [-0.15, -0.1) is 0 Å². The quantitative estimate of drug-likeness (QED) is 0.797. The maximum atomic E-state index is 14.0. The van der Waals surface area contributed by atoms with E-state index in [4.69, 9.17) is 4.74 Å². The van der Waals surface area contributed by atoms with Crippen LogP contribution in [0.25, 0.3) is 5.65 Å². The Morgan fingerprint density at radius 2 is 2.10 bits per heavy atom. The second-order valence-corrected chi connectivity index (χ2v) is 4.44. The summed E-state index contributed by atoms with van der Waals surface area (Å²) in [5.41, 5.74) is 1.62. The smallest absolute Gasteiger partial charge is 0.244 e. The molecule has 0 aliphatic rings. The van der Waals surface area contributed by atoms with Gasteiger partial charge in [-0.05, 0) is 30.7 Å². The first-order valence-electron chi connectivity index (χ1n) is 6.20. The second kappa shape index (κ2) is 4.94. The third kappa shape index (κ3) is 2.02. The average Bonchev–Trinajstić information content (AvgIpc) is 2.81. The number of imidazole rings is 1. The minimum Gasteiger partial charge on any atom is -0.434 e. The molecule has 3 rings (SSSR count). The number of nitrogens with zero attached hydrogens (tertiary/aromatic N) is 2. The molecule has 1 N–H and O–H groups in total. The van der Waals surface area contributed by atoms with Crippen LogP contribution in [0.1, 0.15) is 11.3 Å². The first-order chi connectivity index (χ1) is 9.70. The lowest BCUT2D eigenvalue weighted by Gasteiger charge is -2.07. The van der Waals surface area contributed by atoms with Crippen LogP contribution >= 0.6 is 0 Å². The summed E-state index contributed by atoms with van der Waals surface area (Å²) >= 11 is 0. The molecule has 0 aliphatic carbocycles. The zero-order valence-corrected chi connectivity index (χ0v) is 10.9. The van der Waals surface area contributed by atoms with E-state index >= 15 is 0 Å². The van der Waals surface area contributed by atoms with Gasteiger partial charge >= 0.3 is 0 Å². The fraction of sp³-hybridized carbons (Fsp3) is 0.133. The highest BCUT2D eigenvalue weighted by molar-refractivity contribution is 5.47. The summed E-state index contributed by atoms with van der Waals surface area (Å²) in [6.07, 6.45) is 1.77. The number of hydrogen-bond acceptors (Lipinski definition) is 3. The number of aliphatic hydroxyl groups is 1. The Hall–Kier alpha value is -2.40. The van der Waals surface area contributed by atoms with Crippen molar-refractivity contribution in [2.75, 3.05) is 0 Å². The molecule has 0 spiro atoms.